The van der Waals surface area contributed by atoms with Crippen molar-refractivity contribution in [1.29, 1.82) is 0 Å². The van der Waals surface area contributed by atoms with Crippen molar-refractivity contribution in [1.82, 2.24) is 10.4 Å². The van der Waals surface area contributed by atoms with Crippen LogP contribution in [-0.2, 0) is 0 Å². The Labute approximate surface area is 154 Å². The summed E-state index contributed by atoms with van der Waals surface area (Å²) in [6.07, 6.45) is 1.63. The summed E-state index contributed by atoms with van der Waals surface area (Å²) in [7, 11) is 0. The first-order valence-electron chi connectivity index (χ1n) is 7.50. The quantitative estimate of drug-likeness (QED) is 0.385. The molecule has 120 valence electrons. The summed E-state index contributed by atoms with van der Waals surface area (Å²) in [6.45, 7) is 3.85. The summed E-state index contributed by atoms with van der Waals surface area (Å²) >= 11 is 2.24. The van der Waals surface area contributed by atoms with Crippen molar-refractivity contribution < 1.29 is 4.79 Å². The number of para-hydroxylation sites is 1. The molecule has 0 fully saturated rings. The largest absolute Gasteiger partial charge is 0.273 e. The van der Waals surface area contributed by atoms with Crippen LogP contribution in [0.5, 0.6) is 0 Å². The number of hydrogen-bond acceptors (Lipinski definition) is 3. The molecule has 1 heterocycles. The summed E-state index contributed by atoms with van der Waals surface area (Å²) in [6, 6.07) is 15.7. The lowest BCUT2D eigenvalue weighted by atomic mass is 10.1. The molecule has 0 bridgehead atoms. The Morgan fingerprint density at radius 2 is 1.92 bits per heavy atom. The van der Waals surface area contributed by atoms with Crippen molar-refractivity contribution in [3.05, 3.63) is 74.5 Å². The third-order valence-corrected chi connectivity index (χ3v) is 4.45. The second-order valence-electron chi connectivity index (χ2n) is 5.52. The number of aryl methyl sites for hydroxylation is 2. The van der Waals surface area contributed by atoms with Gasteiger partial charge in [-0.3, -0.25) is 9.78 Å². The number of carbonyl (C=O) groups is 1. The van der Waals surface area contributed by atoms with Gasteiger partial charge in [-0.1, -0.05) is 30.3 Å². The number of aromatic nitrogens is 1. The van der Waals surface area contributed by atoms with Crippen molar-refractivity contribution in [3.63, 3.8) is 0 Å². The predicted molar refractivity (Wildman–Crippen MR) is 105 cm³/mol. The van der Waals surface area contributed by atoms with E-state index in [1.165, 1.54) is 0 Å². The molecule has 3 rings (SSSR count). The highest BCUT2D eigenvalue weighted by atomic mass is 127. The molecule has 3 aromatic rings. The van der Waals surface area contributed by atoms with Gasteiger partial charge in [0.25, 0.3) is 5.91 Å². The smallest absolute Gasteiger partial charge is 0.267 e. The van der Waals surface area contributed by atoms with Crippen molar-refractivity contribution in [2.24, 2.45) is 5.10 Å². The minimum absolute atomic E-state index is 0.259. The number of fused-ring (bicyclic) bond motifs is 1. The first-order chi connectivity index (χ1) is 11.5. The van der Waals surface area contributed by atoms with Crippen molar-refractivity contribution >= 4 is 45.6 Å². The van der Waals surface area contributed by atoms with Gasteiger partial charge in [0.05, 0.1) is 23.0 Å². The maximum Gasteiger partial charge on any atom is 0.273 e. The Balaban J connectivity index is 1.81. The molecule has 0 aliphatic rings. The third kappa shape index (κ3) is 3.62. The number of hydrogen-bond donors (Lipinski definition) is 1. The van der Waals surface area contributed by atoms with Gasteiger partial charge in [0, 0.05) is 8.96 Å². The summed E-state index contributed by atoms with van der Waals surface area (Å²) in [4.78, 5) is 16.9. The first-order valence-corrected chi connectivity index (χ1v) is 8.58. The number of amides is 1. The number of benzene rings is 2. The standard InChI is InChI=1S/C19H16IN3O/c1-12-4-3-5-15-10-17(13(2)22-18(12)15)19(24)23-21-11-14-6-8-16(20)9-7-14/h3-11H,1-2H3,(H,23,24)/b21-11-. The molecule has 0 saturated heterocycles. The molecular formula is C19H16IN3O. The van der Waals surface area contributed by atoms with Crippen LogP contribution in [0.4, 0.5) is 0 Å². The van der Waals surface area contributed by atoms with Crippen LogP contribution in [0.1, 0.15) is 27.2 Å². The van der Waals surface area contributed by atoms with Crippen molar-refractivity contribution in [2.45, 2.75) is 13.8 Å². The summed E-state index contributed by atoms with van der Waals surface area (Å²) in [5.74, 6) is -0.259. The lowest BCUT2D eigenvalue weighted by molar-refractivity contribution is 0.0954. The molecule has 0 atom stereocenters. The second kappa shape index (κ2) is 7.09. The maximum absolute atomic E-state index is 12.4. The Morgan fingerprint density at radius 1 is 1.17 bits per heavy atom. The number of rotatable bonds is 3. The van der Waals surface area contributed by atoms with E-state index < -0.39 is 0 Å². The van der Waals surface area contributed by atoms with Crippen LogP contribution in [0.25, 0.3) is 10.9 Å². The second-order valence-corrected chi connectivity index (χ2v) is 6.76. The molecular weight excluding hydrogens is 413 g/mol. The average Bonchev–Trinajstić information content (AvgIpc) is 2.57. The number of hydrazone groups is 1. The zero-order valence-corrected chi connectivity index (χ0v) is 15.5. The molecule has 0 saturated carbocycles. The minimum atomic E-state index is -0.259. The third-order valence-electron chi connectivity index (χ3n) is 3.73. The summed E-state index contributed by atoms with van der Waals surface area (Å²) < 4.78 is 1.15. The maximum atomic E-state index is 12.4. The molecule has 0 unspecified atom stereocenters. The van der Waals surface area contributed by atoms with E-state index in [0.29, 0.717) is 11.3 Å². The van der Waals surface area contributed by atoms with Gasteiger partial charge >= 0.3 is 0 Å². The molecule has 0 aliphatic heterocycles. The van der Waals surface area contributed by atoms with Crippen molar-refractivity contribution in [3.8, 4) is 0 Å². The predicted octanol–water partition coefficient (Wildman–Crippen LogP) is 4.22. The zero-order valence-electron chi connectivity index (χ0n) is 13.4. The number of pyridine rings is 1. The molecule has 1 aromatic heterocycles. The van der Waals surface area contributed by atoms with E-state index in [4.69, 9.17) is 0 Å². The Kier molecular flexibility index (Phi) is 4.89. The van der Waals surface area contributed by atoms with E-state index >= 15 is 0 Å². The first kappa shape index (κ1) is 16.6. The molecule has 24 heavy (non-hydrogen) atoms. The van der Waals surface area contributed by atoms with Crippen LogP contribution in [0.2, 0.25) is 0 Å². The zero-order chi connectivity index (χ0) is 17.1. The molecule has 1 N–H and O–H groups in total. The fourth-order valence-electron chi connectivity index (χ4n) is 2.44. The topological polar surface area (TPSA) is 54.4 Å². The van der Waals surface area contributed by atoms with Gasteiger partial charge in [0.15, 0.2) is 0 Å². The highest BCUT2D eigenvalue weighted by Gasteiger charge is 2.11. The van der Waals surface area contributed by atoms with Crippen LogP contribution in [0.15, 0.2) is 53.6 Å². The van der Waals surface area contributed by atoms with E-state index in [1.54, 1.807) is 6.21 Å². The van der Waals surface area contributed by atoms with Crippen LogP contribution in [-0.4, -0.2) is 17.1 Å². The molecule has 0 spiro atoms. The average molecular weight is 429 g/mol. The molecule has 4 nitrogen and oxygen atoms in total. The number of halogens is 1. The fraction of sp³-hybridized carbons (Fsp3) is 0.105. The van der Waals surface area contributed by atoms with Crippen LogP contribution < -0.4 is 5.43 Å². The molecule has 5 heteroatoms. The van der Waals surface area contributed by atoms with E-state index in [-0.39, 0.29) is 5.91 Å². The lowest BCUT2D eigenvalue weighted by Gasteiger charge is -2.07. The molecule has 0 radical (unpaired) electrons. The lowest BCUT2D eigenvalue weighted by Crippen LogP contribution is -2.19. The van der Waals surface area contributed by atoms with Gasteiger partial charge in [-0.25, -0.2) is 5.43 Å². The Hall–Kier alpha value is -2.28. The summed E-state index contributed by atoms with van der Waals surface area (Å²) in [5.41, 5.74) is 6.75. The summed E-state index contributed by atoms with van der Waals surface area (Å²) in [5, 5.41) is 4.98. The van der Waals surface area contributed by atoms with Gasteiger partial charge in [0.1, 0.15) is 0 Å². The fourth-order valence-corrected chi connectivity index (χ4v) is 2.80. The van der Waals surface area contributed by atoms with E-state index in [0.717, 1.165) is 25.6 Å². The van der Waals surface area contributed by atoms with Crippen LogP contribution >= 0.6 is 22.6 Å². The minimum Gasteiger partial charge on any atom is -0.267 e. The van der Waals surface area contributed by atoms with E-state index in [1.807, 2.05) is 62.4 Å². The molecule has 2 aromatic carbocycles. The van der Waals surface area contributed by atoms with Gasteiger partial charge in [-0.05, 0) is 65.8 Å². The highest BCUT2D eigenvalue weighted by Crippen LogP contribution is 2.19. The van der Waals surface area contributed by atoms with Crippen LogP contribution in [0, 0.1) is 17.4 Å². The Morgan fingerprint density at radius 3 is 2.67 bits per heavy atom. The highest BCUT2D eigenvalue weighted by molar-refractivity contribution is 14.1. The SMILES string of the molecule is Cc1nc2c(C)cccc2cc1C(=O)N/N=C\c1ccc(I)cc1. The van der Waals surface area contributed by atoms with E-state index in [2.05, 4.69) is 38.1 Å². The van der Waals surface area contributed by atoms with E-state index in [9.17, 15) is 4.79 Å². The molecule has 1 amide bonds. The number of nitrogens with zero attached hydrogens (tertiary/aromatic N) is 2. The van der Waals surface area contributed by atoms with Gasteiger partial charge in [0.2, 0.25) is 0 Å². The Bertz CT molecular complexity index is 933. The number of nitrogens with one attached hydrogen (secondary N) is 1. The monoisotopic (exact) mass is 429 g/mol. The molecule has 0 aliphatic carbocycles. The van der Waals surface area contributed by atoms with Crippen molar-refractivity contribution in [2.75, 3.05) is 0 Å². The number of carbonyl (C=O) groups excluding carboxylic acids is 1. The van der Waals surface area contributed by atoms with Crippen LogP contribution in [0.3, 0.4) is 0 Å². The normalized spacial score (nSPS) is 11.1. The van der Waals surface area contributed by atoms with Gasteiger partial charge in [-0.2, -0.15) is 5.10 Å². The van der Waals surface area contributed by atoms with Gasteiger partial charge < -0.3 is 0 Å². The van der Waals surface area contributed by atoms with Gasteiger partial charge in [-0.15, -0.1) is 0 Å².